The fourth-order valence-corrected chi connectivity index (χ4v) is 4.83. The lowest BCUT2D eigenvalue weighted by Crippen LogP contribution is -2.25. The van der Waals surface area contributed by atoms with Crippen molar-refractivity contribution in [1.82, 2.24) is 9.97 Å². The molecular formula is C16H16Br2N4O3S. The molecule has 7 nitrogen and oxygen atoms in total. The van der Waals surface area contributed by atoms with Crippen LogP contribution in [-0.2, 0) is 14.8 Å². The van der Waals surface area contributed by atoms with E-state index in [1.54, 1.807) is 19.1 Å². The SMILES string of the molecule is Cc1nccc(NS(=O)(=O)c2ccc(NC(=O)[C@@]3(C)CC3(Br)Br)cc2)n1. The first kappa shape index (κ1) is 19.2. The molecule has 0 aliphatic heterocycles. The van der Waals surface area contributed by atoms with Crippen molar-refractivity contribution < 1.29 is 13.2 Å². The average Bonchev–Trinajstić information content (AvgIpc) is 3.07. The van der Waals surface area contributed by atoms with Gasteiger partial charge in [0, 0.05) is 11.9 Å². The van der Waals surface area contributed by atoms with E-state index in [2.05, 4.69) is 51.9 Å². The highest BCUT2D eigenvalue weighted by atomic mass is 79.9. The number of anilines is 2. The number of alkyl halides is 2. The first-order valence-corrected chi connectivity index (χ1v) is 10.7. The average molecular weight is 504 g/mol. The summed E-state index contributed by atoms with van der Waals surface area (Å²) in [5.41, 5.74) is -0.0276. The summed E-state index contributed by atoms with van der Waals surface area (Å²) in [7, 11) is -3.78. The number of amides is 1. The predicted octanol–water partition coefficient (Wildman–Crippen LogP) is 3.42. The minimum absolute atomic E-state index is 0.0692. The van der Waals surface area contributed by atoms with Crippen molar-refractivity contribution in [3.8, 4) is 0 Å². The summed E-state index contributed by atoms with van der Waals surface area (Å²) < 4.78 is 26.9. The Kier molecular flexibility index (Phi) is 4.87. The van der Waals surface area contributed by atoms with Crippen LogP contribution in [0.15, 0.2) is 41.4 Å². The van der Waals surface area contributed by atoms with Crippen LogP contribution in [0.1, 0.15) is 19.2 Å². The minimum Gasteiger partial charge on any atom is -0.326 e. The lowest BCUT2D eigenvalue weighted by molar-refractivity contribution is -0.120. The predicted molar refractivity (Wildman–Crippen MR) is 106 cm³/mol. The van der Waals surface area contributed by atoms with Gasteiger partial charge in [0.2, 0.25) is 5.91 Å². The summed E-state index contributed by atoms with van der Waals surface area (Å²) in [4.78, 5) is 20.4. The summed E-state index contributed by atoms with van der Waals surface area (Å²) in [6, 6.07) is 7.43. The highest BCUT2D eigenvalue weighted by molar-refractivity contribution is 9.25. The number of hydrogen-bond donors (Lipinski definition) is 2. The zero-order chi connectivity index (χ0) is 19.2. The molecule has 1 aromatic carbocycles. The maximum atomic E-state index is 12.4. The monoisotopic (exact) mass is 502 g/mol. The molecule has 26 heavy (non-hydrogen) atoms. The second-order valence-corrected chi connectivity index (χ2v) is 11.7. The van der Waals surface area contributed by atoms with Crippen LogP contribution in [0.2, 0.25) is 0 Å². The van der Waals surface area contributed by atoms with Gasteiger partial charge in [-0.1, -0.05) is 31.9 Å². The molecule has 0 saturated heterocycles. The van der Waals surface area contributed by atoms with E-state index in [0.717, 1.165) is 0 Å². The number of nitrogens with zero attached hydrogens (tertiary/aromatic N) is 2. The third kappa shape index (κ3) is 3.77. The van der Waals surface area contributed by atoms with Crippen LogP contribution >= 0.6 is 31.9 Å². The number of carbonyl (C=O) groups is 1. The molecule has 3 rings (SSSR count). The third-order valence-electron chi connectivity index (χ3n) is 4.20. The first-order valence-electron chi connectivity index (χ1n) is 7.65. The molecule has 0 spiro atoms. The van der Waals surface area contributed by atoms with Gasteiger partial charge in [-0.15, -0.1) is 0 Å². The summed E-state index contributed by atoms with van der Waals surface area (Å²) in [6.07, 6.45) is 2.14. The quantitative estimate of drug-likeness (QED) is 0.609. The van der Waals surface area contributed by atoms with Gasteiger partial charge in [-0.25, -0.2) is 18.4 Å². The van der Waals surface area contributed by atoms with Crippen LogP contribution in [0.4, 0.5) is 11.5 Å². The molecule has 1 saturated carbocycles. The van der Waals surface area contributed by atoms with Crippen LogP contribution in [0.3, 0.4) is 0 Å². The van der Waals surface area contributed by atoms with Crippen molar-refractivity contribution in [3.05, 3.63) is 42.4 Å². The van der Waals surface area contributed by atoms with Gasteiger partial charge in [0.15, 0.2) is 0 Å². The van der Waals surface area contributed by atoms with Gasteiger partial charge in [-0.05, 0) is 50.6 Å². The van der Waals surface area contributed by atoms with Crippen molar-refractivity contribution >= 4 is 59.3 Å². The zero-order valence-electron chi connectivity index (χ0n) is 14.0. The molecule has 1 aromatic heterocycles. The Labute approximate surface area is 168 Å². The van der Waals surface area contributed by atoms with Crippen molar-refractivity contribution in [3.63, 3.8) is 0 Å². The number of hydrogen-bond acceptors (Lipinski definition) is 5. The molecule has 0 unspecified atom stereocenters. The van der Waals surface area contributed by atoms with E-state index in [0.29, 0.717) is 17.9 Å². The van der Waals surface area contributed by atoms with Gasteiger partial charge in [0.05, 0.1) is 13.5 Å². The van der Waals surface area contributed by atoms with E-state index in [1.807, 2.05) is 6.92 Å². The van der Waals surface area contributed by atoms with E-state index < -0.39 is 15.4 Å². The third-order valence-corrected chi connectivity index (χ3v) is 7.88. The molecule has 1 amide bonds. The van der Waals surface area contributed by atoms with Gasteiger partial charge >= 0.3 is 0 Å². The fourth-order valence-electron chi connectivity index (χ4n) is 2.34. The Morgan fingerprint density at radius 1 is 1.19 bits per heavy atom. The van der Waals surface area contributed by atoms with E-state index in [9.17, 15) is 13.2 Å². The molecule has 2 N–H and O–H groups in total. The van der Waals surface area contributed by atoms with Crippen LogP contribution in [0.25, 0.3) is 0 Å². The molecule has 1 fully saturated rings. The van der Waals surface area contributed by atoms with Crippen molar-refractivity contribution in [2.24, 2.45) is 5.41 Å². The van der Waals surface area contributed by atoms with Crippen LogP contribution in [0, 0.1) is 12.3 Å². The summed E-state index contributed by atoms with van der Waals surface area (Å²) in [5.74, 6) is 0.519. The molecular weight excluding hydrogens is 488 g/mol. The smallest absolute Gasteiger partial charge is 0.263 e. The summed E-state index contributed by atoms with van der Waals surface area (Å²) in [6.45, 7) is 3.52. The molecule has 10 heteroatoms. The maximum Gasteiger partial charge on any atom is 0.263 e. The first-order chi connectivity index (χ1) is 12.0. The Morgan fingerprint density at radius 2 is 1.81 bits per heavy atom. The van der Waals surface area contributed by atoms with Gasteiger partial charge in [-0.2, -0.15) is 0 Å². The van der Waals surface area contributed by atoms with Crippen molar-refractivity contribution in [1.29, 1.82) is 0 Å². The van der Waals surface area contributed by atoms with Crippen LogP contribution < -0.4 is 10.0 Å². The number of benzene rings is 1. The number of carbonyl (C=O) groups excluding carboxylic acids is 1. The Hall–Kier alpha value is -1.52. The number of halogens is 2. The van der Waals surface area contributed by atoms with Gasteiger partial charge in [0.1, 0.15) is 11.6 Å². The number of nitrogens with one attached hydrogen (secondary N) is 2. The molecule has 138 valence electrons. The lowest BCUT2D eigenvalue weighted by atomic mass is 10.1. The summed E-state index contributed by atoms with van der Waals surface area (Å²) in [5, 5.41) is 2.80. The van der Waals surface area contributed by atoms with E-state index in [4.69, 9.17) is 0 Å². The highest BCUT2D eigenvalue weighted by Gasteiger charge is 2.66. The number of aromatic nitrogens is 2. The molecule has 2 aromatic rings. The second kappa shape index (κ2) is 6.58. The largest absolute Gasteiger partial charge is 0.326 e. The molecule has 1 aliphatic carbocycles. The molecule has 1 aliphatic rings. The van der Waals surface area contributed by atoms with Gasteiger partial charge < -0.3 is 5.32 Å². The van der Waals surface area contributed by atoms with E-state index >= 15 is 0 Å². The molecule has 0 radical (unpaired) electrons. The van der Waals surface area contributed by atoms with Crippen molar-refractivity contribution in [2.45, 2.75) is 28.4 Å². The Morgan fingerprint density at radius 3 is 2.35 bits per heavy atom. The molecule has 1 atom stereocenters. The van der Waals surface area contributed by atoms with Crippen LogP contribution in [-0.4, -0.2) is 27.5 Å². The second-order valence-electron chi connectivity index (χ2n) is 6.29. The number of sulfonamides is 1. The highest BCUT2D eigenvalue weighted by Crippen LogP contribution is 2.66. The maximum absolute atomic E-state index is 12.4. The zero-order valence-corrected chi connectivity index (χ0v) is 17.9. The minimum atomic E-state index is -3.78. The molecule has 0 bridgehead atoms. The fraction of sp³-hybridized carbons (Fsp3) is 0.312. The summed E-state index contributed by atoms with van der Waals surface area (Å²) >= 11 is 6.91. The normalized spacial score (nSPS) is 21.1. The number of rotatable bonds is 5. The molecule has 1 heterocycles. The van der Waals surface area contributed by atoms with E-state index in [-0.39, 0.29) is 19.9 Å². The van der Waals surface area contributed by atoms with Gasteiger partial charge in [0.25, 0.3) is 10.0 Å². The topological polar surface area (TPSA) is 101 Å². The van der Waals surface area contributed by atoms with Crippen molar-refractivity contribution in [2.75, 3.05) is 10.0 Å². The van der Waals surface area contributed by atoms with E-state index in [1.165, 1.54) is 24.4 Å². The number of aryl methyl sites for hydroxylation is 1. The Balaban J connectivity index is 1.72. The lowest BCUT2D eigenvalue weighted by Gasteiger charge is -2.13. The standard InChI is InChI=1S/C16H16Br2N4O3S/c1-10-19-8-7-13(20-10)22-26(24,25)12-5-3-11(4-6-12)21-14(23)15(2)9-16(15,17)18/h3-8H,9H2,1-2H3,(H,21,23)(H,19,20,22)/t15-/m1/s1. The van der Waals surface area contributed by atoms with Crippen LogP contribution in [0.5, 0.6) is 0 Å². The Bertz CT molecular complexity index is 964. The van der Waals surface area contributed by atoms with Gasteiger partial charge in [-0.3, -0.25) is 9.52 Å².